The number of aliphatic hydroxyl groups is 1. The van der Waals surface area contributed by atoms with E-state index in [0.717, 1.165) is 12.5 Å². The number of rotatable bonds is 9. The summed E-state index contributed by atoms with van der Waals surface area (Å²) in [5.41, 5.74) is 0. The maximum atomic E-state index is 9.87. The summed E-state index contributed by atoms with van der Waals surface area (Å²) in [5.74, 6) is 0.766. The van der Waals surface area contributed by atoms with Gasteiger partial charge in [0.05, 0.1) is 25.9 Å². The molecule has 1 rings (SSSR count). The largest absolute Gasteiger partial charge is 0.389 e. The molecule has 0 aromatic heterocycles. The second kappa shape index (κ2) is 9.66. The Morgan fingerprint density at radius 1 is 1.32 bits per heavy atom. The van der Waals surface area contributed by atoms with E-state index >= 15 is 0 Å². The summed E-state index contributed by atoms with van der Waals surface area (Å²) in [6.07, 6.45) is 2.12. The first kappa shape index (κ1) is 16.9. The Bertz CT molecular complexity index is 221. The van der Waals surface area contributed by atoms with Crippen molar-refractivity contribution in [2.75, 3.05) is 67.2 Å². The highest BCUT2D eigenvalue weighted by Gasteiger charge is 2.19. The molecule has 0 amide bonds. The third-order valence-corrected chi connectivity index (χ3v) is 3.67. The van der Waals surface area contributed by atoms with Crippen LogP contribution in [0.15, 0.2) is 0 Å². The van der Waals surface area contributed by atoms with E-state index < -0.39 is 6.10 Å². The Hall–Kier alpha value is -0.200. The number of hydrogen-bond acceptors (Lipinski definition) is 5. The average Bonchev–Trinajstić information content (AvgIpc) is 2.37. The molecule has 1 N–H and O–H groups in total. The topological polar surface area (TPSA) is 45.2 Å². The lowest BCUT2D eigenvalue weighted by Crippen LogP contribution is -2.39. The van der Waals surface area contributed by atoms with E-state index in [2.05, 4.69) is 23.9 Å². The quantitative estimate of drug-likeness (QED) is 0.612. The van der Waals surface area contributed by atoms with Gasteiger partial charge in [-0.1, -0.05) is 0 Å². The molecule has 1 unspecified atom stereocenters. The summed E-state index contributed by atoms with van der Waals surface area (Å²) in [5, 5.41) is 9.87. The summed E-state index contributed by atoms with van der Waals surface area (Å²) in [6, 6.07) is 0. The van der Waals surface area contributed by atoms with Crippen LogP contribution in [0.3, 0.4) is 0 Å². The second-order valence-corrected chi connectivity index (χ2v) is 5.69. The number of likely N-dealkylation sites (N-methyl/N-ethyl adjacent to an activating group) is 1. The highest BCUT2D eigenvalue weighted by Crippen LogP contribution is 2.16. The van der Waals surface area contributed by atoms with Crippen LogP contribution in [0.25, 0.3) is 0 Å². The van der Waals surface area contributed by atoms with Gasteiger partial charge in [-0.05, 0) is 45.9 Å². The normalized spacial score (nSPS) is 20.1. The molecular weight excluding hydrogens is 244 g/mol. The summed E-state index contributed by atoms with van der Waals surface area (Å²) in [4.78, 5) is 4.61. The number of hydrogen-bond donors (Lipinski definition) is 1. The first-order valence-electron chi connectivity index (χ1n) is 7.23. The molecule has 0 spiro atoms. The first-order valence-corrected chi connectivity index (χ1v) is 7.23. The molecule has 0 saturated carbocycles. The van der Waals surface area contributed by atoms with Crippen molar-refractivity contribution in [3.8, 4) is 0 Å². The van der Waals surface area contributed by atoms with Crippen molar-refractivity contribution >= 4 is 0 Å². The highest BCUT2D eigenvalue weighted by atomic mass is 16.5. The molecule has 1 saturated heterocycles. The Balaban J connectivity index is 2.07. The van der Waals surface area contributed by atoms with E-state index in [1.54, 1.807) is 7.11 Å². The summed E-state index contributed by atoms with van der Waals surface area (Å²) in [7, 11) is 5.91. The van der Waals surface area contributed by atoms with Gasteiger partial charge in [0.2, 0.25) is 0 Å². The maximum Gasteiger partial charge on any atom is 0.0900 e. The van der Waals surface area contributed by atoms with Gasteiger partial charge in [-0.15, -0.1) is 0 Å². The van der Waals surface area contributed by atoms with Crippen molar-refractivity contribution < 1.29 is 14.6 Å². The van der Waals surface area contributed by atoms with Crippen LogP contribution in [0.1, 0.15) is 12.8 Å². The molecule has 0 aliphatic carbocycles. The fourth-order valence-electron chi connectivity index (χ4n) is 2.53. The van der Waals surface area contributed by atoms with Gasteiger partial charge in [-0.2, -0.15) is 0 Å². The van der Waals surface area contributed by atoms with Crippen molar-refractivity contribution in [2.24, 2.45) is 5.92 Å². The number of ether oxygens (including phenoxy) is 2. The number of likely N-dealkylation sites (tertiary alicyclic amines) is 1. The van der Waals surface area contributed by atoms with Crippen molar-refractivity contribution in [1.29, 1.82) is 0 Å². The molecule has 5 nitrogen and oxygen atoms in total. The van der Waals surface area contributed by atoms with E-state index in [1.807, 2.05) is 0 Å². The maximum absolute atomic E-state index is 9.87. The van der Waals surface area contributed by atoms with Crippen LogP contribution in [0, 0.1) is 5.92 Å². The summed E-state index contributed by atoms with van der Waals surface area (Å²) >= 11 is 0. The Labute approximate surface area is 117 Å². The number of methoxy groups -OCH3 is 1. The predicted octanol–water partition coefficient (Wildman–Crippen LogP) is 0.284. The van der Waals surface area contributed by atoms with E-state index in [-0.39, 0.29) is 0 Å². The lowest BCUT2D eigenvalue weighted by atomic mass is 9.96. The molecule has 0 radical (unpaired) electrons. The lowest BCUT2D eigenvalue weighted by molar-refractivity contribution is 0.0000612. The molecule has 1 heterocycles. The van der Waals surface area contributed by atoms with E-state index in [9.17, 15) is 5.11 Å². The summed E-state index contributed by atoms with van der Waals surface area (Å²) in [6.45, 7) is 5.66. The third-order valence-electron chi connectivity index (χ3n) is 3.67. The van der Waals surface area contributed by atoms with Gasteiger partial charge >= 0.3 is 0 Å². The Morgan fingerprint density at radius 2 is 2.00 bits per heavy atom. The van der Waals surface area contributed by atoms with Gasteiger partial charge in [-0.25, -0.2) is 0 Å². The Morgan fingerprint density at radius 3 is 2.63 bits per heavy atom. The smallest absolute Gasteiger partial charge is 0.0900 e. The van der Waals surface area contributed by atoms with Gasteiger partial charge in [0.15, 0.2) is 0 Å². The molecule has 5 heteroatoms. The molecular formula is C14H30N2O3. The van der Waals surface area contributed by atoms with Crippen molar-refractivity contribution in [3.05, 3.63) is 0 Å². The van der Waals surface area contributed by atoms with Gasteiger partial charge in [0.25, 0.3) is 0 Å². The SMILES string of the molecule is COCCOCC(O)CN(C)CC1CCN(C)CC1. The predicted molar refractivity (Wildman–Crippen MR) is 76.4 cm³/mol. The molecule has 114 valence electrons. The average molecular weight is 274 g/mol. The molecule has 19 heavy (non-hydrogen) atoms. The van der Waals surface area contributed by atoms with Crippen LogP contribution in [-0.4, -0.2) is 88.2 Å². The van der Waals surface area contributed by atoms with Crippen LogP contribution < -0.4 is 0 Å². The van der Waals surface area contributed by atoms with Gasteiger partial charge in [-0.3, -0.25) is 0 Å². The van der Waals surface area contributed by atoms with Gasteiger partial charge in [0, 0.05) is 20.2 Å². The minimum absolute atomic E-state index is 0.390. The van der Waals surface area contributed by atoms with E-state index in [4.69, 9.17) is 9.47 Å². The van der Waals surface area contributed by atoms with Crippen LogP contribution in [0.5, 0.6) is 0 Å². The second-order valence-electron chi connectivity index (χ2n) is 5.69. The van der Waals surface area contributed by atoms with Crippen molar-refractivity contribution in [1.82, 2.24) is 9.80 Å². The zero-order valence-electron chi connectivity index (χ0n) is 12.7. The lowest BCUT2D eigenvalue weighted by Gasteiger charge is -2.32. The molecule has 1 aliphatic heterocycles. The number of nitrogens with zero attached hydrogens (tertiary/aromatic N) is 2. The molecule has 1 atom stereocenters. The summed E-state index contributed by atoms with van der Waals surface area (Å²) < 4.78 is 10.2. The van der Waals surface area contributed by atoms with Crippen LogP contribution in [0.4, 0.5) is 0 Å². The standard InChI is InChI=1S/C14H30N2O3/c1-15-6-4-13(5-7-15)10-16(2)11-14(17)12-19-9-8-18-3/h13-14,17H,4-12H2,1-3H3. The van der Waals surface area contributed by atoms with Crippen molar-refractivity contribution in [3.63, 3.8) is 0 Å². The van der Waals surface area contributed by atoms with E-state index in [0.29, 0.717) is 26.4 Å². The highest BCUT2D eigenvalue weighted by molar-refractivity contribution is 4.73. The molecule has 0 aromatic rings. The first-order chi connectivity index (χ1) is 9.11. The van der Waals surface area contributed by atoms with Crippen LogP contribution >= 0.6 is 0 Å². The van der Waals surface area contributed by atoms with Crippen LogP contribution in [0.2, 0.25) is 0 Å². The zero-order valence-corrected chi connectivity index (χ0v) is 12.7. The number of piperidine rings is 1. The minimum atomic E-state index is -0.409. The minimum Gasteiger partial charge on any atom is -0.389 e. The fourth-order valence-corrected chi connectivity index (χ4v) is 2.53. The van der Waals surface area contributed by atoms with E-state index in [1.165, 1.54) is 25.9 Å². The van der Waals surface area contributed by atoms with Gasteiger partial charge in [0.1, 0.15) is 0 Å². The molecule has 0 aromatic carbocycles. The zero-order chi connectivity index (χ0) is 14.1. The van der Waals surface area contributed by atoms with Crippen LogP contribution in [-0.2, 0) is 9.47 Å². The molecule has 1 aliphatic rings. The fraction of sp³-hybridized carbons (Fsp3) is 1.00. The third kappa shape index (κ3) is 7.84. The molecule has 1 fully saturated rings. The van der Waals surface area contributed by atoms with Gasteiger partial charge < -0.3 is 24.4 Å². The monoisotopic (exact) mass is 274 g/mol. The number of aliphatic hydroxyl groups excluding tert-OH is 1. The van der Waals surface area contributed by atoms with Crippen molar-refractivity contribution in [2.45, 2.75) is 18.9 Å². The molecule has 0 bridgehead atoms. The Kier molecular flexibility index (Phi) is 8.57.